The summed E-state index contributed by atoms with van der Waals surface area (Å²) in [5, 5.41) is 28.0. The van der Waals surface area contributed by atoms with E-state index in [0.29, 0.717) is 17.5 Å². The summed E-state index contributed by atoms with van der Waals surface area (Å²) in [4.78, 5) is 10.6. The van der Waals surface area contributed by atoms with Gasteiger partial charge in [0.1, 0.15) is 17.7 Å². The fraction of sp³-hybridized carbons (Fsp3) is 0.364. The van der Waals surface area contributed by atoms with Gasteiger partial charge in [0.2, 0.25) is 0 Å². The van der Waals surface area contributed by atoms with Crippen LogP contribution in [0.2, 0.25) is 0 Å². The maximum atomic E-state index is 13.5. The van der Waals surface area contributed by atoms with Crippen LogP contribution in [0.5, 0.6) is 0 Å². The number of rotatable bonds is 5. The number of aromatic carboxylic acids is 1. The molecule has 0 aromatic heterocycles. The van der Waals surface area contributed by atoms with Gasteiger partial charge in [0.25, 0.3) is 0 Å². The number of benzene rings is 1. The number of hydrogen-bond acceptors (Lipinski definition) is 3. The molecular weight excluding hydrogens is 314 g/mol. The summed E-state index contributed by atoms with van der Waals surface area (Å²) in [5.41, 5.74) is -1.29. The lowest BCUT2D eigenvalue weighted by Gasteiger charge is -2.18. The molecule has 18 heavy (non-hydrogen) atoms. The highest BCUT2D eigenvalue weighted by Crippen LogP contribution is 2.26. The van der Waals surface area contributed by atoms with Crippen LogP contribution in [0.4, 0.5) is 8.78 Å². The van der Waals surface area contributed by atoms with Gasteiger partial charge in [0, 0.05) is 5.33 Å². The van der Waals surface area contributed by atoms with Crippen molar-refractivity contribution in [2.75, 3.05) is 5.33 Å². The quantitative estimate of drug-likeness (QED) is 0.722. The lowest BCUT2D eigenvalue weighted by Crippen LogP contribution is -2.21. The van der Waals surface area contributed by atoms with E-state index in [9.17, 15) is 23.8 Å². The predicted molar refractivity (Wildman–Crippen MR) is 62.7 cm³/mol. The molecule has 0 aliphatic carbocycles. The first kappa shape index (κ1) is 15.0. The summed E-state index contributed by atoms with van der Waals surface area (Å²) in [6.45, 7) is 0. The van der Waals surface area contributed by atoms with Crippen LogP contribution in [-0.4, -0.2) is 32.7 Å². The van der Waals surface area contributed by atoms with Crippen LogP contribution in [0.3, 0.4) is 0 Å². The van der Waals surface area contributed by atoms with E-state index in [-0.39, 0.29) is 6.42 Å². The highest BCUT2D eigenvalue weighted by molar-refractivity contribution is 9.09. The van der Waals surface area contributed by atoms with Gasteiger partial charge in [-0.05, 0) is 18.6 Å². The Hall–Kier alpha value is -1.05. The molecule has 100 valence electrons. The molecule has 0 heterocycles. The van der Waals surface area contributed by atoms with Gasteiger partial charge < -0.3 is 15.3 Å². The van der Waals surface area contributed by atoms with Crippen LogP contribution in [-0.2, 0) is 0 Å². The zero-order valence-corrected chi connectivity index (χ0v) is 10.7. The number of carboxylic acid groups (broad SMARTS) is 1. The number of aliphatic hydroxyl groups is 2. The minimum Gasteiger partial charge on any atom is -0.478 e. The average Bonchev–Trinajstić information content (AvgIpc) is 2.27. The predicted octanol–water partition coefficient (Wildman–Crippen LogP) is 1.84. The first-order chi connectivity index (χ1) is 8.38. The summed E-state index contributed by atoms with van der Waals surface area (Å²) >= 11 is 3.02. The van der Waals surface area contributed by atoms with Crippen LogP contribution in [0, 0.1) is 11.6 Å². The Kier molecular flexibility index (Phi) is 5.18. The molecule has 3 N–H and O–H groups in total. The Morgan fingerprint density at radius 1 is 1.28 bits per heavy atom. The lowest BCUT2D eigenvalue weighted by molar-refractivity contribution is 0.0130. The molecule has 1 aromatic rings. The van der Waals surface area contributed by atoms with Crippen molar-refractivity contribution >= 4 is 21.9 Å². The second kappa shape index (κ2) is 6.21. The van der Waals surface area contributed by atoms with Crippen molar-refractivity contribution in [1.82, 2.24) is 0 Å². The summed E-state index contributed by atoms with van der Waals surface area (Å²) in [6, 6.07) is 1.20. The average molecular weight is 325 g/mol. The van der Waals surface area contributed by atoms with Crippen molar-refractivity contribution in [2.45, 2.75) is 18.6 Å². The summed E-state index contributed by atoms with van der Waals surface area (Å²) in [6.07, 6.45) is -2.99. The monoisotopic (exact) mass is 324 g/mol. The van der Waals surface area contributed by atoms with Gasteiger partial charge >= 0.3 is 5.97 Å². The third-order valence-corrected chi connectivity index (χ3v) is 2.85. The van der Waals surface area contributed by atoms with Crippen LogP contribution in [0.1, 0.15) is 28.4 Å². The second-order valence-corrected chi connectivity index (χ2v) is 4.44. The molecule has 1 rings (SSSR count). The van der Waals surface area contributed by atoms with Gasteiger partial charge in [-0.3, -0.25) is 0 Å². The molecular formula is C11H11BrF2O4. The highest BCUT2D eigenvalue weighted by Gasteiger charge is 2.26. The van der Waals surface area contributed by atoms with Gasteiger partial charge in [-0.25, -0.2) is 13.6 Å². The van der Waals surface area contributed by atoms with Crippen molar-refractivity contribution in [1.29, 1.82) is 0 Å². The Morgan fingerprint density at radius 3 is 2.17 bits per heavy atom. The fourth-order valence-corrected chi connectivity index (χ4v) is 1.92. The topological polar surface area (TPSA) is 77.8 Å². The van der Waals surface area contributed by atoms with E-state index in [0.717, 1.165) is 0 Å². The van der Waals surface area contributed by atoms with Crippen LogP contribution < -0.4 is 0 Å². The van der Waals surface area contributed by atoms with Crippen LogP contribution in [0.15, 0.2) is 12.1 Å². The molecule has 0 saturated heterocycles. The zero-order chi connectivity index (χ0) is 13.9. The minimum atomic E-state index is -1.75. The SMILES string of the molecule is O=C(O)c1cc(F)c(C(O)C(O)CCBr)c(F)c1. The van der Waals surface area contributed by atoms with Gasteiger partial charge in [0.15, 0.2) is 0 Å². The molecule has 0 spiro atoms. The van der Waals surface area contributed by atoms with Gasteiger partial charge in [-0.1, -0.05) is 15.9 Å². The molecule has 2 atom stereocenters. The first-order valence-corrected chi connectivity index (χ1v) is 6.15. The van der Waals surface area contributed by atoms with E-state index in [1.165, 1.54) is 0 Å². The molecule has 4 nitrogen and oxygen atoms in total. The third kappa shape index (κ3) is 3.24. The van der Waals surface area contributed by atoms with Crippen molar-refractivity contribution in [3.63, 3.8) is 0 Å². The molecule has 0 radical (unpaired) electrons. The summed E-state index contributed by atoms with van der Waals surface area (Å²) in [7, 11) is 0. The Bertz CT molecular complexity index is 430. The molecule has 2 unspecified atom stereocenters. The largest absolute Gasteiger partial charge is 0.478 e. The second-order valence-electron chi connectivity index (χ2n) is 3.65. The first-order valence-electron chi connectivity index (χ1n) is 5.02. The van der Waals surface area contributed by atoms with Gasteiger partial charge in [-0.15, -0.1) is 0 Å². The number of hydrogen-bond donors (Lipinski definition) is 3. The van der Waals surface area contributed by atoms with Gasteiger partial charge in [-0.2, -0.15) is 0 Å². The number of carbonyl (C=O) groups is 1. The zero-order valence-electron chi connectivity index (χ0n) is 9.11. The van der Waals surface area contributed by atoms with Crippen molar-refractivity contribution in [2.24, 2.45) is 0 Å². The third-order valence-electron chi connectivity index (χ3n) is 2.39. The molecule has 0 aliphatic rings. The maximum absolute atomic E-state index is 13.5. The fourth-order valence-electron chi connectivity index (χ4n) is 1.45. The van der Waals surface area contributed by atoms with Crippen molar-refractivity contribution in [3.05, 3.63) is 34.9 Å². The highest BCUT2D eigenvalue weighted by atomic mass is 79.9. The van der Waals surface area contributed by atoms with E-state index >= 15 is 0 Å². The number of carboxylic acids is 1. The normalized spacial score (nSPS) is 14.3. The molecule has 1 aromatic carbocycles. The van der Waals surface area contributed by atoms with Crippen molar-refractivity contribution in [3.8, 4) is 0 Å². The summed E-state index contributed by atoms with van der Waals surface area (Å²) < 4.78 is 27.1. The number of aliphatic hydroxyl groups excluding tert-OH is 2. The van der Waals surface area contributed by atoms with Crippen LogP contribution >= 0.6 is 15.9 Å². The Labute approximate surface area is 110 Å². The molecule has 0 fully saturated rings. The van der Waals surface area contributed by atoms with Crippen molar-refractivity contribution < 1.29 is 28.9 Å². The maximum Gasteiger partial charge on any atom is 0.335 e. The minimum absolute atomic E-state index is 0.0979. The van der Waals surface area contributed by atoms with E-state index < -0.39 is 40.9 Å². The Morgan fingerprint density at radius 2 is 1.78 bits per heavy atom. The molecule has 0 bridgehead atoms. The molecule has 0 aliphatic heterocycles. The van der Waals surface area contributed by atoms with E-state index in [1.807, 2.05) is 0 Å². The number of alkyl halides is 1. The Balaban J connectivity index is 3.13. The van der Waals surface area contributed by atoms with E-state index in [4.69, 9.17) is 5.11 Å². The standard InChI is InChI=1S/C11H11BrF2O4/c12-2-1-8(15)10(16)9-6(13)3-5(11(17)18)4-7(9)14/h3-4,8,10,15-16H,1-2H2,(H,17,18). The number of halogens is 3. The van der Waals surface area contributed by atoms with E-state index in [1.54, 1.807) is 0 Å². The molecule has 7 heteroatoms. The van der Waals surface area contributed by atoms with Crippen LogP contribution in [0.25, 0.3) is 0 Å². The molecule has 0 saturated carbocycles. The van der Waals surface area contributed by atoms with E-state index in [2.05, 4.69) is 15.9 Å². The van der Waals surface area contributed by atoms with Gasteiger partial charge in [0.05, 0.1) is 17.2 Å². The smallest absolute Gasteiger partial charge is 0.335 e. The lowest BCUT2D eigenvalue weighted by atomic mass is 10.00. The summed E-state index contributed by atoms with van der Waals surface area (Å²) in [5.74, 6) is -3.88. The molecule has 0 amide bonds.